The van der Waals surface area contributed by atoms with Crippen molar-refractivity contribution >= 4 is 56.2 Å². The number of carbonyl (C=O) groups is 3. The van der Waals surface area contributed by atoms with E-state index in [2.05, 4.69) is 35.2 Å². The summed E-state index contributed by atoms with van der Waals surface area (Å²) in [7, 11) is -2.62. The Kier molecular flexibility index (Phi) is 13.5. The average Bonchev–Trinajstić information content (AvgIpc) is 3.85. The van der Waals surface area contributed by atoms with Gasteiger partial charge in [-0.2, -0.15) is 18.0 Å². The molecule has 0 saturated carbocycles. The molecule has 3 amide bonds. The van der Waals surface area contributed by atoms with Crippen LogP contribution >= 0.6 is 0 Å². The highest BCUT2D eigenvalue weighted by Crippen LogP contribution is 2.35. The van der Waals surface area contributed by atoms with E-state index in [1.54, 1.807) is 12.1 Å². The molecule has 0 radical (unpaired) electrons. The fraction of sp³-hybridized carbons (Fsp3) is 0.391. The maximum absolute atomic E-state index is 15.3. The second-order valence-electron chi connectivity index (χ2n) is 17.3. The van der Waals surface area contributed by atoms with Gasteiger partial charge in [-0.3, -0.25) is 38.7 Å². The Morgan fingerprint density at radius 2 is 1.68 bits per heavy atom. The van der Waals surface area contributed by atoms with E-state index in [9.17, 15) is 32.9 Å². The second kappa shape index (κ2) is 19.8. The molecule has 4 fully saturated rings. The number of nitrogens with one attached hydrogen (secondary N) is 3. The fourth-order valence-electron chi connectivity index (χ4n) is 9.06. The van der Waals surface area contributed by atoms with Crippen molar-refractivity contribution in [1.29, 1.82) is 5.26 Å². The minimum Gasteiger partial charge on any atom is -0.453 e. The van der Waals surface area contributed by atoms with Crippen LogP contribution in [-0.2, 0) is 29.3 Å². The zero-order valence-electron chi connectivity index (χ0n) is 37.4. The van der Waals surface area contributed by atoms with Crippen LogP contribution in [0.1, 0.15) is 49.1 Å². The summed E-state index contributed by atoms with van der Waals surface area (Å²) < 4.78 is 72.6. The number of methoxy groups -OCH3 is 1. The van der Waals surface area contributed by atoms with Gasteiger partial charge in [0.25, 0.3) is 5.56 Å². The first-order valence-electron chi connectivity index (χ1n) is 22.5. The van der Waals surface area contributed by atoms with E-state index in [0.717, 1.165) is 12.1 Å². The molecule has 4 aliphatic heterocycles. The Morgan fingerprint density at radius 1 is 0.913 bits per heavy atom. The number of ether oxygens (including phenoxy) is 2. The number of likely N-dealkylation sites (tertiary alicyclic amines) is 1. The number of hydrogen-bond acceptors (Lipinski definition) is 15. The van der Waals surface area contributed by atoms with Crippen molar-refractivity contribution in [2.24, 2.45) is 0 Å². The molecule has 6 heterocycles. The normalized spacial score (nSPS) is 19.6. The lowest BCUT2D eigenvalue weighted by atomic mass is 9.89. The number of carbonyl (C=O) groups excluding carboxylic acids is 3. The van der Waals surface area contributed by atoms with Gasteiger partial charge >= 0.3 is 10.2 Å². The van der Waals surface area contributed by atoms with Gasteiger partial charge in [0.1, 0.15) is 35.6 Å². The van der Waals surface area contributed by atoms with Gasteiger partial charge in [-0.1, -0.05) is 6.07 Å². The molecule has 2 atom stereocenters. The summed E-state index contributed by atoms with van der Waals surface area (Å²) in [6, 6.07) is 12.5. The van der Waals surface area contributed by atoms with Crippen LogP contribution in [0, 0.1) is 23.0 Å². The zero-order chi connectivity index (χ0) is 48.4. The maximum Gasteiger partial charge on any atom is 0.301 e. The predicted octanol–water partition coefficient (Wildman–Crippen LogP) is 3.24. The Bertz CT molecular complexity index is 3010. The number of benzene rings is 3. The molecule has 0 unspecified atom stereocenters. The standard InChI is InChI=1S/C46H48F2N12O8S/c1-67-32-12-15-59(25-32)69(65,66)55-39-7-5-36(47)43(35(39)22-49)68-31-3-6-38-34(21-31)45(64)60(27-52-38)30-23-50-46(51-24-30)58-18-16-57(17-19-58)42(62)26-56-13-10-28(11-14-56)33-4-2-29(20-37(33)48)53-40-8-9-41(61)54-44(40)63/h2-7,20-21,23-24,27-28,32,40,53,55H,8-19,25-26H2,1H3,(H,54,61,63)/t32-,40-/m0/s1. The lowest BCUT2D eigenvalue weighted by molar-refractivity contribution is -0.134. The largest absolute Gasteiger partial charge is 0.453 e. The summed E-state index contributed by atoms with van der Waals surface area (Å²) in [6.45, 7) is 3.72. The van der Waals surface area contributed by atoms with Crippen molar-refractivity contribution in [3.05, 3.63) is 100 Å². The molecule has 20 nitrogen and oxygen atoms in total. The molecule has 4 aliphatic rings. The molecule has 5 aromatic rings. The molecule has 0 aliphatic carbocycles. The lowest BCUT2D eigenvalue weighted by Crippen LogP contribution is -2.52. The summed E-state index contributed by atoms with van der Waals surface area (Å²) in [6.07, 6.45) is 6.45. The van der Waals surface area contributed by atoms with Crippen LogP contribution in [0.4, 0.5) is 26.1 Å². The van der Waals surface area contributed by atoms with Crippen molar-refractivity contribution in [3.63, 3.8) is 0 Å². The van der Waals surface area contributed by atoms with Crippen molar-refractivity contribution in [3.8, 4) is 23.3 Å². The molecule has 2 aromatic heterocycles. The van der Waals surface area contributed by atoms with Crippen LogP contribution in [-0.4, -0.2) is 138 Å². The number of nitriles is 1. The molecule has 23 heteroatoms. The number of amides is 3. The SMILES string of the molecule is CO[C@H]1CCN(S(=O)(=O)Nc2ccc(F)c(Oc3ccc4ncn(-c5cnc(N6CCN(C(=O)CN7CCC(c8ccc(N[C@H]9CCC(=O)NC9=O)cc8F)CC7)CC6)nc5)c(=O)c4c3)c2C#N)C1. The molecular formula is C46H48F2N12O8S. The third kappa shape index (κ3) is 10.2. The third-order valence-corrected chi connectivity index (χ3v) is 14.5. The number of aromatic nitrogens is 4. The number of piperidine rings is 2. The molecule has 69 heavy (non-hydrogen) atoms. The van der Waals surface area contributed by atoms with Crippen molar-refractivity contribution < 1.29 is 41.1 Å². The topological polar surface area (TPSA) is 237 Å². The third-order valence-electron chi connectivity index (χ3n) is 13.0. The van der Waals surface area contributed by atoms with Gasteiger partial charge in [0.15, 0.2) is 11.6 Å². The fourth-order valence-corrected chi connectivity index (χ4v) is 10.3. The molecule has 0 spiro atoms. The van der Waals surface area contributed by atoms with Gasteiger partial charge in [0.2, 0.25) is 23.7 Å². The number of rotatable bonds is 13. The lowest BCUT2D eigenvalue weighted by Gasteiger charge is -2.37. The molecule has 4 saturated heterocycles. The molecular weight excluding hydrogens is 919 g/mol. The van der Waals surface area contributed by atoms with E-state index in [1.165, 1.54) is 59.0 Å². The minimum absolute atomic E-state index is 0.00187. The van der Waals surface area contributed by atoms with Gasteiger partial charge in [0.05, 0.1) is 47.3 Å². The van der Waals surface area contributed by atoms with E-state index in [4.69, 9.17) is 9.47 Å². The van der Waals surface area contributed by atoms with E-state index < -0.39 is 44.8 Å². The van der Waals surface area contributed by atoms with E-state index >= 15 is 8.78 Å². The number of piperazine rings is 1. The van der Waals surface area contributed by atoms with Crippen LogP contribution in [0.15, 0.2) is 72.0 Å². The van der Waals surface area contributed by atoms with E-state index in [-0.39, 0.29) is 72.5 Å². The Balaban J connectivity index is 0.781. The Labute approximate surface area is 395 Å². The first-order valence-corrected chi connectivity index (χ1v) is 23.9. The molecule has 3 N–H and O–H groups in total. The molecule has 360 valence electrons. The highest BCUT2D eigenvalue weighted by atomic mass is 32.2. The Hall–Kier alpha value is -7.13. The van der Waals surface area contributed by atoms with Crippen LogP contribution in [0.2, 0.25) is 0 Å². The monoisotopic (exact) mass is 966 g/mol. The van der Waals surface area contributed by atoms with Crippen LogP contribution in [0.3, 0.4) is 0 Å². The van der Waals surface area contributed by atoms with Gasteiger partial charge in [-0.15, -0.1) is 0 Å². The Morgan fingerprint density at radius 3 is 2.38 bits per heavy atom. The zero-order valence-corrected chi connectivity index (χ0v) is 38.3. The van der Waals surface area contributed by atoms with Crippen molar-refractivity contribution in [2.45, 2.75) is 50.2 Å². The molecule has 9 rings (SSSR count). The van der Waals surface area contributed by atoms with E-state index in [1.807, 2.05) is 15.9 Å². The highest BCUT2D eigenvalue weighted by molar-refractivity contribution is 7.90. The summed E-state index contributed by atoms with van der Waals surface area (Å²) in [4.78, 5) is 70.0. The number of halogens is 2. The van der Waals surface area contributed by atoms with Crippen molar-refractivity contribution in [1.82, 2.24) is 38.9 Å². The highest BCUT2D eigenvalue weighted by Gasteiger charge is 2.33. The van der Waals surface area contributed by atoms with Crippen LogP contribution < -0.4 is 30.6 Å². The summed E-state index contributed by atoms with van der Waals surface area (Å²) in [5, 5.41) is 15.4. The smallest absolute Gasteiger partial charge is 0.301 e. The first kappa shape index (κ1) is 47.0. The van der Waals surface area contributed by atoms with Gasteiger partial charge in [-0.25, -0.2) is 23.7 Å². The number of fused-ring (bicyclic) bond motifs is 1. The predicted molar refractivity (Wildman–Crippen MR) is 247 cm³/mol. The van der Waals surface area contributed by atoms with Crippen LogP contribution in [0.25, 0.3) is 16.6 Å². The molecule has 0 bridgehead atoms. The van der Waals surface area contributed by atoms with Crippen LogP contribution in [0.5, 0.6) is 11.5 Å². The van der Waals surface area contributed by atoms with E-state index in [0.29, 0.717) is 93.4 Å². The number of imide groups is 1. The van der Waals surface area contributed by atoms with Gasteiger partial charge < -0.3 is 24.6 Å². The number of hydrogen-bond donors (Lipinski definition) is 3. The maximum atomic E-state index is 15.3. The van der Waals surface area contributed by atoms with Gasteiger partial charge in [0, 0.05) is 58.5 Å². The number of nitrogens with zero attached hydrogens (tertiary/aromatic N) is 9. The minimum atomic E-state index is -4.12. The summed E-state index contributed by atoms with van der Waals surface area (Å²) in [5.41, 5.74) is 0.603. The average molecular weight is 967 g/mol. The van der Waals surface area contributed by atoms with Crippen molar-refractivity contribution in [2.75, 3.05) is 81.0 Å². The number of anilines is 3. The molecule has 3 aromatic carbocycles. The first-order chi connectivity index (χ1) is 33.3. The summed E-state index contributed by atoms with van der Waals surface area (Å²) in [5.74, 6) is -2.16. The quantitative estimate of drug-likeness (QED) is 0.144. The second-order valence-corrected chi connectivity index (χ2v) is 18.9. The van der Waals surface area contributed by atoms with Gasteiger partial charge in [-0.05, 0) is 92.7 Å². The summed E-state index contributed by atoms with van der Waals surface area (Å²) >= 11 is 0.